The number of likely N-dealkylation sites (tertiary alicyclic amines) is 1. The van der Waals surface area contributed by atoms with E-state index in [1.165, 1.54) is 6.07 Å². The summed E-state index contributed by atoms with van der Waals surface area (Å²) in [5.74, 6) is -0.318. The zero-order valence-electron chi connectivity index (χ0n) is 20.6. The lowest BCUT2D eigenvalue weighted by atomic mass is 9.72. The molecule has 2 aromatic rings. The fourth-order valence-electron chi connectivity index (χ4n) is 5.48. The number of hydrogen-bond acceptors (Lipinski definition) is 7. The van der Waals surface area contributed by atoms with E-state index >= 15 is 0 Å². The number of oxime groups is 1. The van der Waals surface area contributed by atoms with Gasteiger partial charge in [0.15, 0.2) is 6.29 Å². The Morgan fingerprint density at radius 1 is 1.19 bits per heavy atom. The van der Waals surface area contributed by atoms with E-state index in [-0.39, 0.29) is 29.7 Å². The van der Waals surface area contributed by atoms with Crippen LogP contribution in [0.3, 0.4) is 0 Å². The first kappa shape index (κ1) is 24.2. The lowest BCUT2D eigenvalue weighted by molar-refractivity contribution is -0.131. The van der Waals surface area contributed by atoms with Crippen molar-refractivity contribution in [2.75, 3.05) is 13.1 Å². The number of halogens is 1. The number of amides is 1. The van der Waals surface area contributed by atoms with Crippen molar-refractivity contribution in [2.45, 2.75) is 57.8 Å². The highest BCUT2D eigenvalue weighted by Gasteiger charge is 2.38. The summed E-state index contributed by atoms with van der Waals surface area (Å²) >= 11 is 0. The lowest BCUT2D eigenvalue weighted by Crippen LogP contribution is -2.43. The van der Waals surface area contributed by atoms with Crippen molar-refractivity contribution in [2.24, 2.45) is 26.8 Å². The highest BCUT2D eigenvalue weighted by molar-refractivity contribution is 6.25. The van der Waals surface area contributed by atoms with E-state index in [1.807, 2.05) is 30.0 Å². The lowest BCUT2D eigenvalue weighted by Gasteiger charge is -2.35. The maximum atomic E-state index is 14.3. The fourth-order valence-corrected chi connectivity index (χ4v) is 5.48. The Balaban J connectivity index is 1.45. The van der Waals surface area contributed by atoms with Gasteiger partial charge in [0.25, 0.3) is 0 Å². The van der Waals surface area contributed by atoms with Crippen LogP contribution in [0.1, 0.15) is 51.0 Å². The molecule has 3 heterocycles. The zero-order valence-corrected chi connectivity index (χ0v) is 20.6. The van der Waals surface area contributed by atoms with Crippen LogP contribution in [-0.2, 0) is 9.63 Å². The van der Waals surface area contributed by atoms with Crippen LogP contribution in [0.5, 0.6) is 0 Å². The highest BCUT2D eigenvalue weighted by Crippen LogP contribution is 2.40. The molecule has 0 spiro atoms. The van der Waals surface area contributed by atoms with Crippen LogP contribution in [-0.4, -0.2) is 58.4 Å². The summed E-state index contributed by atoms with van der Waals surface area (Å²) in [6, 6.07) is 8.70. The van der Waals surface area contributed by atoms with Crippen molar-refractivity contribution in [1.82, 2.24) is 9.88 Å². The van der Waals surface area contributed by atoms with Gasteiger partial charge >= 0.3 is 0 Å². The largest absolute Gasteiger partial charge is 0.392 e. The maximum absolute atomic E-state index is 14.3. The van der Waals surface area contributed by atoms with Crippen molar-refractivity contribution in [3.8, 4) is 11.1 Å². The summed E-state index contributed by atoms with van der Waals surface area (Å²) in [7, 11) is 0. The molecular weight excluding hydrogens is 459 g/mol. The summed E-state index contributed by atoms with van der Waals surface area (Å²) in [4.78, 5) is 32.9. The second-order valence-corrected chi connectivity index (χ2v) is 9.71. The van der Waals surface area contributed by atoms with E-state index in [2.05, 4.69) is 20.1 Å². The minimum Gasteiger partial charge on any atom is -0.392 e. The molecule has 1 amide bonds. The van der Waals surface area contributed by atoms with Gasteiger partial charge in [0, 0.05) is 62.2 Å². The number of pyridine rings is 1. The quantitative estimate of drug-likeness (QED) is 0.656. The number of carbonyl (C=O) groups is 1. The molecule has 3 atom stereocenters. The number of nitrogens with zero attached hydrogens (tertiary/aromatic N) is 5. The molecule has 2 N–H and O–H groups in total. The molecule has 8 nitrogen and oxygen atoms in total. The van der Waals surface area contributed by atoms with Gasteiger partial charge in [0.05, 0.1) is 11.6 Å². The van der Waals surface area contributed by atoms with E-state index in [4.69, 9.17) is 10.6 Å². The Labute approximate surface area is 210 Å². The number of hydrogen-bond donors (Lipinski definition) is 1. The van der Waals surface area contributed by atoms with Gasteiger partial charge < -0.3 is 9.74 Å². The second kappa shape index (κ2) is 10.3. The normalized spacial score (nSPS) is 25.7. The van der Waals surface area contributed by atoms with Crippen LogP contribution in [0.15, 0.2) is 57.9 Å². The Bertz CT molecular complexity index is 1220. The predicted molar refractivity (Wildman–Crippen MR) is 137 cm³/mol. The first-order valence-electron chi connectivity index (χ1n) is 12.4. The topological polar surface area (TPSA) is 106 Å². The molecule has 2 fully saturated rings. The van der Waals surface area contributed by atoms with E-state index < -0.39 is 6.29 Å². The Morgan fingerprint density at radius 3 is 2.72 bits per heavy atom. The molecule has 188 valence electrons. The van der Waals surface area contributed by atoms with Gasteiger partial charge in [0.2, 0.25) is 5.91 Å². The van der Waals surface area contributed by atoms with Crippen molar-refractivity contribution in [1.29, 1.82) is 0 Å². The molecule has 3 unspecified atom stereocenters. The molecule has 1 saturated heterocycles. The molecule has 9 heteroatoms. The molecule has 1 aromatic heterocycles. The van der Waals surface area contributed by atoms with Gasteiger partial charge in [-0.1, -0.05) is 17.3 Å². The van der Waals surface area contributed by atoms with Gasteiger partial charge in [-0.3, -0.25) is 25.5 Å². The smallest absolute Gasteiger partial charge is 0.219 e. The van der Waals surface area contributed by atoms with Crippen LogP contribution in [0.25, 0.3) is 11.1 Å². The molecule has 36 heavy (non-hydrogen) atoms. The Kier molecular flexibility index (Phi) is 6.91. The standard InChI is InChI=1S/C27H31FN6O2/c1-16-26-24(32-27(29)31-16)12-19(13-25(26)33-36-21-7-10-34(11-8-21)17(2)35)22-6-5-20(28)14-23(22)18-4-3-9-30-15-18/h3-6,9,14-15,19,21,26-27H,7-8,10-13,29H2,1-2H3. The number of nitrogens with two attached hydrogens (primary N) is 1. The number of aromatic nitrogens is 1. The Hall–Kier alpha value is -3.46. The molecule has 2 aliphatic heterocycles. The number of rotatable bonds is 4. The minimum absolute atomic E-state index is 0.0239. The average molecular weight is 491 g/mol. The molecular formula is C27H31FN6O2. The SMILES string of the molecule is CC(=O)N1CCC(ON=C2CC(c3ccc(F)cc3-c3cccnc3)CC3=NC(N)N=C(C)C23)CC1. The van der Waals surface area contributed by atoms with Crippen molar-refractivity contribution in [3.63, 3.8) is 0 Å². The summed E-state index contributed by atoms with van der Waals surface area (Å²) < 4.78 is 14.3. The summed E-state index contributed by atoms with van der Waals surface area (Å²) in [5, 5.41) is 4.66. The average Bonchev–Trinajstić information content (AvgIpc) is 2.87. The van der Waals surface area contributed by atoms with E-state index in [0.717, 1.165) is 46.7 Å². The van der Waals surface area contributed by atoms with Crippen molar-refractivity contribution >= 4 is 23.0 Å². The number of benzene rings is 1. The maximum Gasteiger partial charge on any atom is 0.219 e. The van der Waals surface area contributed by atoms with Crippen LogP contribution < -0.4 is 5.73 Å². The van der Waals surface area contributed by atoms with Gasteiger partial charge in [-0.2, -0.15) is 0 Å². The van der Waals surface area contributed by atoms with Crippen LogP contribution in [0, 0.1) is 11.7 Å². The number of fused-ring (bicyclic) bond motifs is 1. The zero-order chi connectivity index (χ0) is 25.2. The number of aliphatic imine (C=N–C) groups is 2. The highest BCUT2D eigenvalue weighted by atomic mass is 19.1. The Morgan fingerprint density at radius 2 is 2.00 bits per heavy atom. The molecule has 1 aliphatic carbocycles. The fraction of sp³-hybridized carbons (Fsp3) is 0.444. The van der Waals surface area contributed by atoms with Crippen LogP contribution in [0.4, 0.5) is 4.39 Å². The minimum atomic E-state index is -0.626. The third-order valence-electron chi connectivity index (χ3n) is 7.26. The number of carbonyl (C=O) groups excluding carboxylic acids is 1. The van der Waals surface area contributed by atoms with Gasteiger partial charge in [0.1, 0.15) is 11.9 Å². The molecule has 1 saturated carbocycles. The van der Waals surface area contributed by atoms with E-state index in [0.29, 0.717) is 25.9 Å². The summed E-state index contributed by atoms with van der Waals surface area (Å²) in [6.07, 6.45) is 5.58. The molecule has 0 radical (unpaired) electrons. The first-order chi connectivity index (χ1) is 17.4. The van der Waals surface area contributed by atoms with Crippen molar-refractivity contribution in [3.05, 3.63) is 54.1 Å². The van der Waals surface area contributed by atoms with E-state index in [1.54, 1.807) is 25.4 Å². The van der Waals surface area contributed by atoms with Gasteiger partial charge in [-0.25, -0.2) is 4.39 Å². The predicted octanol–water partition coefficient (Wildman–Crippen LogP) is 3.92. The van der Waals surface area contributed by atoms with Crippen LogP contribution in [0.2, 0.25) is 0 Å². The molecule has 1 aromatic carbocycles. The summed E-state index contributed by atoms with van der Waals surface area (Å²) in [6.45, 7) is 4.89. The first-order valence-corrected chi connectivity index (χ1v) is 12.4. The molecule has 0 bridgehead atoms. The summed E-state index contributed by atoms with van der Waals surface area (Å²) in [5.41, 5.74) is 11.5. The molecule has 5 rings (SSSR count). The van der Waals surface area contributed by atoms with Crippen LogP contribution >= 0.6 is 0 Å². The molecule has 3 aliphatic rings. The van der Waals surface area contributed by atoms with E-state index in [9.17, 15) is 9.18 Å². The second-order valence-electron chi connectivity index (χ2n) is 9.71. The van der Waals surface area contributed by atoms with Crippen molar-refractivity contribution < 1.29 is 14.0 Å². The monoisotopic (exact) mass is 490 g/mol. The third kappa shape index (κ3) is 5.06. The third-order valence-corrected chi connectivity index (χ3v) is 7.26. The van der Waals surface area contributed by atoms with Gasteiger partial charge in [-0.05, 0) is 55.0 Å². The van der Waals surface area contributed by atoms with Gasteiger partial charge in [-0.15, -0.1) is 0 Å². The number of piperidine rings is 1.